The minimum Gasteiger partial charge on any atom is -0.497 e. The molecule has 0 bridgehead atoms. The Kier molecular flexibility index (Phi) is 6.97. The predicted molar refractivity (Wildman–Crippen MR) is 123 cm³/mol. The number of amides is 1. The molecule has 0 unspecified atom stereocenters. The van der Waals surface area contributed by atoms with Crippen molar-refractivity contribution in [2.24, 2.45) is 0 Å². The summed E-state index contributed by atoms with van der Waals surface area (Å²) in [5, 5.41) is 2.99. The van der Waals surface area contributed by atoms with Crippen LogP contribution < -0.4 is 14.4 Å². The number of anilines is 1. The van der Waals surface area contributed by atoms with Crippen molar-refractivity contribution in [3.63, 3.8) is 0 Å². The van der Waals surface area contributed by atoms with Crippen LogP contribution in [0.1, 0.15) is 22.7 Å². The Hall–Kier alpha value is -3.32. The summed E-state index contributed by atoms with van der Waals surface area (Å²) >= 11 is 0. The molecule has 0 heterocycles. The zero-order chi connectivity index (χ0) is 22.4. The molecule has 31 heavy (non-hydrogen) atoms. The maximum absolute atomic E-state index is 13.0. The number of carbonyl (C=O) groups excluding carboxylic acids is 1. The van der Waals surface area contributed by atoms with Gasteiger partial charge in [-0.2, -0.15) is 0 Å². The molecule has 0 radical (unpaired) electrons. The molecule has 1 atom stereocenters. The second kappa shape index (κ2) is 9.66. The molecule has 7 heteroatoms. The lowest BCUT2D eigenvalue weighted by atomic mass is 9.98. The zero-order valence-electron chi connectivity index (χ0n) is 17.8. The molecule has 0 aliphatic rings. The summed E-state index contributed by atoms with van der Waals surface area (Å²) in [4.78, 5) is 13.0. The molecule has 1 N–H and O–H groups in total. The Morgan fingerprint density at radius 3 is 2.06 bits per heavy atom. The van der Waals surface area contributed by atoms with Crippen molar-refractivity contribution >= 4 is 21.6 Å². The lowest BCUT2D eigenvalue weighted by Crippen LogP contribution is -2.41. The van der Waals surface area contributed by atoms with E-state index < -0.39 is 22.0 Å². The quantitative estimate of drug-likeness (QED) is 0.582. The molecule has 0 aromatic heterocycles. The fourth-order valence-electron chi connectivity index (χ4n) is 3.25. The Bertz CT molecular complexity index is 1110. The molecule has 0 aliphatic carbocycles. The smallest absolute Gasteiger partial charge is 0.241 e. The molecule has 6 nitrogen and oxygen atoms in total. The monoisotopic (exact) mass is 438 g/mol. The van der Waals surface area contributed by atoms with Gasteiger partial charge in [-0.3, -0.25) is 9.10 Å². The van der Waals surface area contributed by atoms with E-state index in [2.05, 4.69) is 5.32 Å². The van der Waals surface area contributed by atoms with Gasteiger partial charge in [-0.25, -0.2) is 8.42 Å². The topological polar surface area (TPSA) is 75.7 Å². The zero-order valence-corrected chi connectivity index (χ0v) is 18.6. The molecule has 0 saturated heterocycles. The van der Waals surface area contributed by atoms with E-state index in [0.29, 0.717) is 11.4 Å². The van der Waals surface area contributed by atoms with Gasteiger partial charge in [0, 0.05) is 0 Å². The largest absolute Gasteiger partial charge is 0.497 e. The van der Waals surface area contributed by atoms with E-state index >= 15 is 0 Å². The van der Waals surface area contributed by atoms with E-state index in [1.54, 1.807) is 24.3 Å². The summed E-state index contributed by atoms with van der Waals surface area (Å²) in [5.41, 5.74) is 3.34. The molecule has 0 saturated carbocycles. The summed E-state index contributed by atoms with van der Waals surface area (Å²) in [6.07, 6.45) is 1.08. The number of benzene rings is 3. The molecule has 0 spiro atoms. The lowest BCUT2D eigenvalue weighted by molar-refractivity contribution is -0.120. The van der Waals surface area contributed by atoms with Crippen LogP contribution in [-0.2, 0) is 14.8 Å². The molecule has 3 rings (SSSR count). The number of nitrogens with zero attached hydrogens (tertiary/aromatic N) is 1. The highest BCUT2D eigenvalue weighted by Gasteiger charge is 2.23. The van der Waals surface area contributed by atoms with Crippen LogP contribution in [0.25, 0.3) is 0 Å². The molecule has 0 fully saturated rings. The highest BCUT2D eigenvalue weighted by Crippen LogP contribution is 2.24. The molecule has 3 aromatic rings. The van der Waals surface area contributed by atoms with Crippen molar-refractivity contribution in [2.75, 3.05) is 24.2 Å². The first kappa shape index (κ1) is 22.4. The Labute approximate surface area is 183 Å². The lowest BCUT2D eigenvalue weighted by Gasteiger charge is -2.25. The third kappa shape index (κ3) is 5.86. The van der Waals surface area contributed by atoms with E-state index in [1.165, 1.54) is 7.11 Å². The molecular weight excluding hydrogens is 412 g/mol. The number of hydrogen-bond donors (Lipinski definition) is 1. The van der Waals surface area contributed by atoms with Crippen LogP contribution >= 0.6 is 0 Å². The number of rotatable bonds is 8. The maximum atomic E-state index is 13.0. The van der Waals surface area contributed by atoms with Crippen LogP contribution in [0.5, 0.6) is 5.75 Å². The van der Waals surface area contributed by atoms with Gasteiger partial charge in [0.15, 0.2) is 0 Å². The number of sulfonamides is 1. The van der Waals surface area contributed by atoms with Gasteiger partial charge in [0.2, 0.25) is 15.9 Å². The molecule has 162 valence electrons. The van der Waals surface area contributed by atoms with Crippen molar-refractivity contribution in [2.45, 2.75) is 13.0 Å². The van der Waals surface area contributed by atoms with Crippen LogP contribution in [-0.4, -0.2) is 34.2 Å². The molecule has 1 amide bonds. The second-order valence-corrected chi connectivity index (χ2v) is 9.20. The normalized spacial score (nSPS) is 12.1. The minimum absolute atomic E-state index is 0.333. The van der Waals surface area contributed by atoms with Gasteiger partial charge in [-0.1, -0.05) is 60.2 Å². The summed E-state index contributed by atoms with van der Waals surface area (Å²) in [5.74, 6) is 0.195. The average molecular weight is 439 g/mol. The summed E-state index contributed by atoms with van der Waals surface area (Å²) < 4.78 is 31.0. The van der Waals surface area contributed by atoms with Crippen molar-refractivity contribution in [3.8, 4) is 5.75 Å². The second-order valence-electron chi connectivity index (χ2n) is 7.29. The summed E-state index contributed by atoms with van der Waals surface area (Å²) in [6.45, 7) is 1.67. The Morgan fingerprint density at radius 2 is 1.52 bits per heavy atom. The Balaban J connectivity index is 1.86. The van der Waals surface area contributed by atoms with Crippen molar-refractivity contribution in [3.05, 3.63) is 95.6 Å². The van der Waals surface area contributed by atoms with E-state index in [-0.39, 0.29) is 6.54 Å². The van der Waals surface area contributed by atoms with Gasteiger partial charge >= 0.3 is 0 Å². The van der Waals surface area contributed by atoms with Gasteiger partial charge in [0.1, 0.15) is 12.3 Å². The van der Waals surface area contributed by atoms with Gasteiger partial charge < -0.3 is 10.1 Å². The first-order chi connectivity index (χ1) is 14.8. The number of carbonyl (C=O) groups is 1. The number of methoxy groups -OCH3 is 1. The van der Waals surface area contributed by atoms with Crippen LogP contribution in [0.15, 0.2) is 78.9 Å². The van der Waals surface area contributed by atoms with E-state index in [1.807, 2.05) is 61.5 Å². The van der Waals surface area contributed by atoms with Crippen LogP contribution in [0.4, 0.5) is 5.69 Å². The van der Waals surface area contributed by atoms with Gasteiger partial charge in [-0.15, -0.1) is 0 Å². The van der Waals surface area contributed by atoms with Crippen LogP contribution in [0.3, 0.4) is 0 Å². The van der Waals surface area contributed by atoms with Crippen molar-refractivity contribution in [1.29, 1.82) is 0 Å². The number of aryl methyl sites for hydroxylation is 1. The maximum Gasteiger partial charge on any atom is 0.241 e. The molecule has 3 aromatic carbocycles. The average Bonchev–Trinajstić information content (AvgIpc) is 2.76. The fourth-order valence-corrected chi connectivity index (χ4v) is 4.11. The third-order valence-corrected chi connectivity index (χ3v) is 6.04. The first-order valence-electron chi connectivity index (χ1n) is 9.80. The van der Waals surface area contributed by atoms with Crippen molar-refractivity contribution < 1.29 is 17.9 Å². The SMILES string of the molecule is COc1ccc(N(CC(=O)N[C@@H](c2ccccc2)c2ccc(C)cc2)S(C)(=O)=O)cc1. The highest BCUT2D eigenvalue weighted by atomic mass is 32.2. The van der Waals surface area contributed by atoms with Crippen molar-refractivity contribution in [1.82, 2.24) is 5.32 Å². The van der Waals surface area contributed by atoms with Gasteiger partial charge in [0.25, 0.3) is 0 Å². The first-order valence-corrected chi connectivity index (χ1v) is 11.7. The highest BCUT2D eigenvalue weighted by molar-refractivity contribution is 7.92. The third-order valence-electron chi connectivity index (χ3n) is 4.90. The molecule has 0 aliphatic heterocycles. The number of nitrogens with one attached hydrogen (secondary N) is 1. The minimum atomic E-state index is -3.67. The van der Waals surface area contributed by atoms with E-state index in [0.717, 1.165) is 27.3 Å². The van der Waals surface area contributed by atoms with Gasteiger partial charge in [0.05, 0.1) is 25.1 Å². The van der Waals surface area contributed by atoms with Gasteiger partial charge in [-0.05, 0) is 42.3 Å². The Morgan fingerprint density at radius 1 is 0.935 bits per heavy atom. The van der Waals surface area contributed by atoms with E-state index in [9.17, 15) is 13.2 Å². The fraction of sp³-hybridized carbons (Fsp3) is 0.208. The predicted octanol–water partition coefficient (Wildman–Crippen LogP) is 3.68. The standard InChI is InChI=1S/C24H26N2O4S/c1-18-9-11-20(12-10-18)24(19-7-5-4-6-8-19)25-23(27)17-26(31(3,28)29)21-13-15-22(30-2)16-14-21/h4-16,24H,17H2,1-3H3,(H,25,27)/t24-/m0/s1. The van der Waals surface area contributed by atoms with E-state index in [4.69, 9.17) is 4.74 Å². The number of hydrogen-bond acceptors (Lipinski definition) is 4. The van der Waals surface area contributed by atoms with Crippen LogP contribution in [0.2, 0.25) is 0 Å². The summed E-state index contributed by atoms with van der Waals surface area (Å²) in [7, 11) is -2.14. The molecular formula is C24H26N2O4S. The summed E-state index contributed by atoms with van der Waals surface area (Å²) in [6, 6.07) is 23.6. The number of ether oxygens (including phenoxy) is 1. The van der Waals surface area contributed by atoms with Crippen LogP contribution in [0, 0.1) is 6.92 Å².